The summed E-state index contributed by atoms with van der Waals surface area (Å²) >= 11 is 0. The minimum absolute atomic E-state index is 0. The van der Waals surface area contributed by atoms with E-state index >= 15 is 0 Å². The standard InChI is InChI=1S/3C10H18.H2S/c3*1-2-4-6-8-10-9-7-5-3-1;/h3*1-2H,3-10H2;1H2/b3*2-1-;. The number of allylic oxidation sites excluding steroid dienone is 6. The second-order valence-corrected chi connectivity index (χ2v) is 9.51. The second-order valence-electron chi connectivity index (χ2n) is 9.51. The van der Waals surface area contributed by atoms with Gasteiger partial charge in [0.15, 0.2) is 0 Å². The van der Waals surface area contributed by atoms with E-state index in [1.54, 1.807) is 0 Å². The SMILES string of the molecule is C1=C\CCCCCCCC/1.C1=C\CCCCCCCC/1.C1=C\CCCCCCCC/1.S. The van der Waals surface area contributed by atoms with Crippen molar-refractivity contribution in [2.24, 2.45) is 0 Å². The Morgan fingerprint density at radius 1 is 0.194 bits per heavy atom. The third-order valence-corrected chi connectivity index (χ3v) is 6.47. The summed E-state index contributed by atoms with van der Waals surface area (Å²) in [6.07, 6.45) is 48.0. The zero-order valence-electron chi connectivity index (χ0n) is 20.9. The Hall–Kier alpha value is -0.430. The van der Waals surface area contributed by atoms with Gasteiger partial charge in [-0.05, 0) is 77.0 Å². The molecule has 0 heterocycles. The first-order valence-corrected chi connectivity index (χ1v) is 13.9. The lowest BCUT2D eigenvalue weighted by Crippen LogP contribution is -1.81. The molecule has 0 atom stereocenters. The summed E-state index contributed by atoms with van der Waals surface area (Å²) in [4.78, 5) is 0. The number of rotatable bonds is 0. The predicted octanol–water partition coefficient (Wildman–Crippen LogP) is 11.1. The Labute approximate surface area is 203 Å². The average Bonchev–Trinajstić information content (AvgIpc) is 2.81. The minimum Gasteiger partial charge on any atom is -0.197 e. The lowest BCUT2D eigenvalue weighted by Gasteiger charge is -2.01. The van der Waals surface area contributed by atoms with Crippen molar-refractivity contribution in [3.8, 4) is 0 Å². The summed E-state index contributed by atoms with van der Waals surface area (Å²) in [6, 6.07) is 0. The molecular formula is C30H56S. The molecule has 0 saturated carbocycles. The smallest absolute Gasteiger partial charge is 0.0351 e. The van der Waals surface area contributed by atoms with Gasteiger partial charge in [0.1, 0.15) is 0 Å². The van der Waals surface area contributed by atoms with E-state index in [-0.39, 0.29) is 13.5 Å². The van der Waals surface area contributed by atoms with E-state index < -0.39 is 0 Å². The largest absolute Gasteiger partial charge is 0.197 e. The molecule has 0 aromatic heterocycles. The molecule has 31 heavy (non-hydrogen) atoms. The summed E-state index contributed by atoms with van der Waals surface area (Å²) in [5.74, 6) is 0. The van der Waals surface area contributed by atoms with Crippen LogP contribution >= 0.6 is 13.5 Å². The zero-order valence-corrected chi connectivity index (χ0v) is 21.9. The fourth-order valence-electron chi connectivity index (χ4n) is 4.40. The number of hydrogen-bond acceptors (Lipinski definition) is 0. The van der Waals surface area contributed by atoms with Crippen LogP contribution in [0.1, 0.15) is 154 Å². The third kappa shape index (κ3) is 25.7. The molecule has 0 fully saturated rings. The van der Waals surface area contributed by atoms with E-state index in [9.17, 15) is 0 Å². The molecule has 0 bridgehead atoms. The van der Waals surface area contributed by atoms with Gasteiger partial charge in [0.05, 0.1) is 0 Å². The Bertz CT molecular complexity index is 309. The van der Waals surface area contributed by atoms with Gasteiger partial charge in [-0.1, -0.05) is 114 Å². The minimum atomic E-state index is 0. The fourth-order valence-corrected chi connectivity index (χ4v) is 4.40. The van der Waals surface area contributed by atoms with Crippen LogP contribution < -0.4 is 0 Å². The molecule has 0 spiro atoms. The fraction of sp³-hybridized carbons (Fsp3) is 0.800. The van der Waals surface area contributed by atoms with Crippen LogP contribution in [0.2, 0.25) is 0 Å². The van der Waals surface area contributed by atoms with Gasteiger partial charge in [-0.3, -0.25) is 0 Å². The summed E-state index contributed by atoms with van der Waals surface area (Å²) in [5.41, 5.74) is 0. The van der Waals surface area contributed by atoms with Crippen LogP contribution in [0.25, 0.3) is 0 Å². The topological polar surface area (TPSA) is 0 Å². The lowest BCUT2D eigenvalue weighted by molar-refractivity contribution is 0.592. The molecule has 0 nitrogen and oxygen atoms in total. The van der Waals surface area contributed by atoms with Gasteiger partial charge in [0, 0.05) is 0 Å². The molecule has 182 valence electrons. The first kappa shape index (κ1) is 30.6. The third-order valence-electron chi connectivity index (χ3n) is 6.47. The highest BCUT2D eigenvalue weighted by molar-refractivity contribution is 7.59. The Kier molecular flexibility index (Phi) is 27.2. The summed E-state index contributed by atoms with van der Waals surface area (Å²) in [7, 11) is 0. The Morgan fingerprint density at radius 2 is 0.323 bits per heavy atom. The number of hydrogen-bond donors (Lipinski definition) is 0. The maximum atomic E-state index is 2.35. The van der Waals surface area contributed by atoms with Crippen molar-refractivity contribution in [2.45, 2.75) is 154 Å². The van der Waals surface area contributed by atoms with Gasteiger partial charge in [-0.2, -0.15) is 13.5 Å². The van der Waals surface area contributed by atoms with Crippen LogP contribution in [-0.4, -0.2) is 0 Å². The molecule has 0 N–H and O–H groups in total. The molecular weight excluding hydrogens is 392 g/mol. The Morgan fingerprint density at radius 3 is 0.484 bits per heavy atom. The van der Waals surface area contributed by atoms with Crippen molar-refractivity contribution < 1.29 is 0 Å². The highest BCUT2D eigenvalue weighted by Crippen LogP contribution is 2.13. The molecule has 0 saturated heterocycles. The molecule has 0 aliphatic heterocycles. The molecule has 0 radical (unpaired) electrons. The van der Waals surface area contributed by atoms with Crippen molar-refractivity contribution in [1.82, 2.24) is 0 Å². The predicted molar refractivity (Wildman–Crippen MR) is 149 cm³/mol. The highest BCUT2D eigenvalue weighted by atomic mass is 32.1. The lowest BCUT2D eigenvalue weighted by atomic mass is 10.1. The van der Waals surface area contributed by atoms with Crippen LogP contribution in [-0.2, 0) is 0 Å². The quantitative estimate of drug-likeness (QED) is 0.323. The van der Waals surface area contributed by atoms with E-state index in [4.69, 9.17) is 0 Å². The van der Waals surface area contributed by atoms with Crippen molar-refractivity contribution >= 4 is 13.5 Å². The van der Waals surface area contributed by atoms with E-state index in [0.717, 1.165) is 0 Å². The van der Waals surface area contributed by atoms with E-state index in [2.05, 4.69) is 36.5 Å². The van der Waals surface area contributed by atoms with Crippen molar-refractivity contribution in [3.05, 3.63) is 36.5 Å². The summed E-state index contributed by atoms with van der Waals surface area (Å²) in [5, 5.41) is 0. The van der Waals surface area contributed by atoms with Gasteiger partial charge in [0.25, 0.3) is 0 Å². The molecule has 0 aromatic rings. The van der Waals surface area contributed by atoms with Crippen molar-refractivity contribution in [1.29, 1.82) is 0 Å². The Balaban J connectivity index is 0.000000429. The first-order valence-electron chi connectivity index (χ1n) is 13.9. The van der Waals surface area contributed by atoms with Crippen molar-refractivity contribution in [3.63, 3.8) is 0 Å². The van der Waals surface area contributed by atoms with Crippen LogP contribution in [0.4, 0.5) is 0 Å². The highest BCUT2D eigenvalue weighted by Gasteiger charge is 1.93. The average molecular weight is 449 g/mol. The molecule has 3 rings (SSSR count). The maximum absolute atomic E-state index is 2.35. The molecule has 0 amide bonds. The molecule has 1 heteroatoms. The first-order chi connectivity index (χ1) is 15.0. The second kappa shape index (κ2) is 27.6. The van der Waals surface area contributed by atoms with Gasteiger partial charge >= 0.3 is 0 Å². The van der Waals surface area contributed by atoms with Gasteiger partial charge < -0.3 is 0 Å². The van der Waals surface area contributed by atoms with Gasteiger partial charge in [-0.25, -0.2) is 0 Å². The molecule has 0 aromatic carbocycles. The van der Waals surface area contributed by atoms with Crippen LogP contribution in [0.15, 0.2) is 36.5 Å². The summed E-state index contributed by atoms with van der Waals surface area (Å²) in [6.45, 7) is 0. The zero-order chi connectivity index (χ0) is 21.2. The van der Waals surface area contributed by atoms with Crippen LogP contribution in [0.3, 0.4) is 0 Å². The monoisotopic (exact) mass is 448 g/mol. The van der Waals surface area contributed by atoms with Gasteiger partial charge in [0.2, 0.25) is 0 Å². The molecule has 3 aliphatic rings. The van der Waals surface area contributed by atoms with E-state index in [1.807, 2.05) is 0 Å². The van der Waals surface area contributed by atoms with Crippen LogP contribution in [0.5, 0.6) is 0 Å². The molecule has 3 aliphatic carbocycles. The summed E-state index contributed by atoms with van der Waals surface area (Å²) < 4.78 is 0. The van der Waals surface area contributed by atoms with Crippen LogP contribution in [0, 0.1) is 0 Å². The molecule has 0 unspecified atom stereocenters. The van der Waals surface area contributed by atoms with Crippen molar-refractivity contribution in [2.75, 3.05) is 0 Å². The van der Waals surface area contributed by atoms with E-state index in [0.29, 0.717) is 0 Å². The van der Waals surface area contributed by atoms with E-state index in [1.165, 1.54) is 154 Å². The maximum Gasteiger partial charge on any atom is -0.0351 e. The normalized spacial score (nSPS) is 24.8. The van der Waals surface area contributed by atoms with Gasteiger partial charge in [-0.15, -0.1) is 0 Å².